The van der Waals surface area contributed by atoms with Crippen molar-refractivity contribution in [3.8, 4) is 67.3 Å². The molecule has 0 aliphatic carbocycles. The van der Waals surface area contributed by atoms with Crippen molar-refractivity contribution >= 4 is 75.7 Å². The summed E-state index contributed by atoms with van der Waals surface area (Å²) in [6.45, 7) is 0. The zero-order chi connectivity index (χ0) is 68.9. The number of furan rings is 1. The van der Waals surface area contributed by atoms with Crippen LogP contribution >= 0.6 is 0 Å². The van der Waals surface area contributed by atoms with Crippen LogP contribution < -0.4 is 0 Å². The van der Waals surface area contributed by atoms with E-state index < -0.39 is 251 Å². The van der Waals surface area contributed by atoms with E-state index in [0.29, 0.717) is 33.1 Å². The molecule has 0 bridgehead atoms. The minimum Gasteiger partial charge on any atom is -0.455 e. The highest BCUT2D eigenvalue weighted by molar-refractivity contribution is 6.18. The molecular formula is C66H40N2O. The van der Waals surface area contributed by atoms with E-state index in [1.54, 1.807) is 54.7 Å². The molecule has 3 heterocycles. The first-order chi connectivity index (χ1) is 45.5. The van der Waals surface area contributed by atoms with Gasteiger partial charge in [0.25, 0.3) is 0 Å². The number of fused-ring (bicyclic) bond motifs is 8. The van der Waals surface area contributed by atoms with Crippen LogP contribution in [0.5, 0.6) is 0 Å². The molecule has 0 N–H and O–H groups in total. The molecule has 14 rings (SSSR count). The summed E-state index contributed by atoms with van der Waals surface area (Å²) in [5.74, 6) is -2.05. The van der Waals surface area contributed by atoms with Crippen molar-refractivity contribution in [3.63, 3.8) is 0 Å². The van der Waals surface area contributed by atoms with Crippen molar-refractivity contribution in [2.45, 2.75) is 0 Å². The van der Waals surface area contributed by atoms with E-state index in [2.05, 4.69) is 4.98 Å². The minimum absolute atomic E-state index is 0.106. The molecule has 0 spiro atoms. The first-order valence-electron chi connectivity index (χ1n) is 34.9. The van der Waals surface area contributed by atoms with Gasteiger partial charge in [-0.1, -0.05) is 224 Å². The second-order valence-electron chi connectivity index (χ2n) is 15.9. The van der Waals surface area contributed by atoms with E-state index in [1.165, 1.54) is 0 Å². The number of nitrogens with zero attached hydrogens (tertiary/aromatic N) is 2. The zero-order valence-corrected chi connectivity index (χ0v) is 35.3. The molecule has 0 atom stereocenters. The van der Waals surface area contributed by atoms with E-state index in [1.807, 2.05) is 24.3 Å². The SMILES string of the molecule is [2H]c1c([2H])c([2H])c2c(-c3oc(-c4c([2H])c([2H])c([2H])c5c([2H])c([2H])c([2H])c([2H])c45)c(-c4c([2H])c([2H])c(-c5ccc(-c6ccc7ccc8cccnc8c7n6)c6ccccc56)c5c([2H])c([2H])c([2H])c([2H])c45)c3-c3c([2H])c([2H])c([2H])c4c([2H])c([2H])c([2H])c([2H])c34)c([2H])c([2H])c([2H])c2c1[2H]. The van der Waals surface area contributed by atoms with E-state index in [4.69, 9.17) is 23.1 Å². The monoisotopic (exact) mass is 903 g/mol. The van der Waals surface area contributed by atoms with Gasteiger partial charge in [-0.05, 0) is 88.2 Å². The van der Waals surface area contributed by atoms with Crippen LogP contribution in [0.25, 0.3) is 143 Å². The third-order valence-electron chi connectivity index (χ3n) is 12.2. The Kier molecular flexibility index (Phi) is 4.73. The number of rotatable bonds is 6. The van der Waals surface area contributed by atoms with Crippen molar-refractivity contribution in [2.75, 3.05) is 0 Å². The smallest absolute Gasteiger partial charge is 0.143 e. The standard InChI is InChI=1S/C66H40N2O/c1-4-22-46-41(15-1)18-11-29-56(46)61-62(66(59-31-13-20-43-17-3-6-24-48(43)59)69-65(61)58-30-12-19-42-16-2-5-23-47(42)58)57-38-36-54(50-26-8-10-28-52(50)57)53-35-37-55(51-27-9-7-25-49(51)53)60-39-34-45-33-32-44-21-14-40-67-63(44)64(45)68-60/h1-40H/i1D,2D,3D,4D,5D,6D,8D,10D,11D,12D,13D,15D,16D,17D,18D,19D,20D,22D,23D,24D,26D,28D,29D,30D,31D,36D,38D. The average Bonchev–Trinajstić information content (AvgIpc) is 1.37. The fourth-order valence-corrected chi connectivity index (χ4v) is 9.17. The van der Waals surface area contributed by atoms with Gasteiger partial charge in [0.1, 0.15) is 11.5 Å². The molecule has 0 saturated carbocycles. The normalized spacial score (nSPS) is 17.2. The van der Waals surface area contributed by atoms with Crippen LogP contribution in [0, 0.1) is 0 Å². The molecule has 0 aliphatic heterocycles. The van der Waals surface area contributed by atoms with E-state index in [0.717, 1.165) is 10.8 Å². The lowest BCUT2D eigenvalue weighted by atomic mass is 9.84. The molecule has 320 valence electrons. The molecule has 69 heavy (non-hydrogen) atoms. The van der Waals surface area contributed by atoms with Gasteiger partial charge in [0, 0.05) is 44.8 Å². The fourth-order valence-electron chi connectivity index (χ4n) is 9.17. The molecule has 0 unspecified atom stereocenters. The van der Waals surface area contributed by atoms with Gasteiger partial charge in [-0.25, -0.2) is 4.98 Å². The lowest BCUT2D eigenvalue weighted by molar-refractivity contribution is 0.600. The summed E-state index contributed by atoms with van der Waals surface area (Å²) in [6, 6.07) is -5.19. The van der Waals surface area contributed by atoms with Crippen molar-refractivity contribution < 1.29 is 41.4 Å². The highest BCUT2D eigenvalue weighted by Crippen LogP contribution is 2.54. The summed E-state index contributed by atoms with van der Waals surface area (Å²) in [6.07, 6.45) is 1.65. The highest BCUT2D eigenvalue weighted by Gasteiger charge is 2.29. The van der Waals surface area contributed by atoms with Crippen molar-refractivity contribution in [1.29, 1.82) is 0 Å². The Balaban J connectivity index is 1.26. The number of aromatic nitrogens is 2. The molecule has 14 aromatic rings. The zero-order valence-electron chi connectivity index (χ0n) is 62.3. The predicted molar refractivity (Wildman–Crippen MR) is 289 cm³/mol. The maximum Gasteiger partial charge on any atom is 0.143 e. The maximum atomic E-state index is 10.6. The Morgan fingerprint density at radius 1 is 0.304 bits per heavy atom. The molecule has 0 amide bonds. The molecule has 3 aromatic heterocycles. The van der Waals surface area contributed by atoms with Crippen molar-refractivity contribution in [1.82, 2.24) is 9.97 Å². The van der Waals surface area contributed by atoms with E-state index in [9.17, 15) is 23.3 Å². The van der Waals surface area contributed by atoms with Gasteiger partial charge in [-0.2, -0.15) is 0 Å². The molecule has 0 radical (unpaired) electrons. The number of hydrogen-bond acceptors (Lipinski definition) is 3. The average molecular weight is 904 g/mol. The van der Waals surface area contributed by atoms with Gasteiger partial charge in [-0.15, -0.1) is 0 Å². The summed E-state index contributed by atoms with van der Waals surface area (Å²) in [4.78, 5) is 9.69. The summed E-state index contributed by atoms with van der Waals surface area (Å²) >= 11 is 0. The number of benzene rings is 11. The largest absolute Gasteiger partial charge is 0.455 e. The number of hydrogen-bond donors (Lipinski definition) is 0. The third-order valence-corrected chi connectivity index (χ3v) is 12.2. The molecule has 0 aliphatic rings. The van der Waals surface area contributed by atoms with Gasteiger partial charge < -0.3 is 4.42 Å². The Bertz CT molecular complexity index is 5980. The van der Waals surface area contributed by atoms with E-state index in [-0.39, 0.29) is 11.1 Å². The topological polar surface area (TPSA) is 38.9 Å². The van der Waals surface area contributed by atoms with Crippen LogP contribution in [0.15, 0.2) is 247 Å². The molecule has 11 aromatic carbocycles. The number of pyridine rings is 2. The lowest BCUT2D eigenvalue weighted by Gasteiger charge is -2.17. The first-order valence-corrected chi connectivity index (χ1v) is 21.4. The van der Waals surface area contributed by atoms with Crippen LogP contribution in [0.1, 0.15) is 37.0 Å². The second-order valence-corrected chi connectivity index (χ2v) is 15.9. The predicted octanol–water partition coefficient (Wildman–Crippen LogP) is 18.1. The van der Waals surface area contributed by atoms with Gasteiger partial charge in [0.05, 0.1) is 53.7 Å². The van der Waals surface area contributed by atoms with Crippen molar-refractivity contribution in [2.24, 2.45) is 0 Å². The van der Waals surface area contributed by atoms with Crippen LogP contribution in [0.2, 0.25) is 0 Å². The summed E-state index contributed by atoms with van der Waals surface area (Å²) in [5.41, 5.74) is -3.31. The molecule has 3 nitrogen and oxygen atoms in total. The van der Waals surface area contributed by atoms with E-state index >= 15 is 0 Å². The Labute approximate surface area is 436 Å². The highest BCUT2D eigenvalue weighted by atomic mass is 16.3. The lowest BCUT2D eigenvalue weighted by Crippen LogP contribution is -1.93. The van der Waals surface area contributed by atoms with Gasteiger partial charge in [0.15, 0.2) is 0 Å². The Hall–Kier alpha value is -9.18. The molecule has 0 fully saturated rings. The summed E-state index contributed by atoms with van der Waals surface area (Å²) < 4.78 is 261. The molecule has 0 saturated heterocycles. The van der Waals surface area contributed by atoms with Gasteiger partial charge >= 0.3 is 0 Å². The van der Waals surface area contributed by atoms with Gasteiger partial charge in [-0.3, -0.25) is 4.98 Å². The molecular weight excluding hydrogens is 837 g/mol. The van der Waals surface area contributed by atoms with Crippen LogP contribution in [0.4, 0.5) is 0 Å². The summed E-state index contributed by atoms with van der Waals surface area (Å²) in [7, 11) is 0. The van der Waals surface area contributed by atoms with Crippen LogP contribution in [0.3, 0.4) is 0 Å². The fraction of sp³-hybridized carbons (Fsp3) is 0. The van der Waals surface area contributed by atoms with Crippen molar-refractivity contribution in [3.05, 3.63) is 242 Å². The van der Waals surface area contributed by atoms with Crippen LogP contribution in [-0.2, 0) is 0 Å². The second kappa shape index (κ2) is 15.7. The van der Waals surface area contributed by atoms with Crippen LogP contribution in [-0.4, -0.2) is 9.97 Å². The Morgan fingerprint density at radius 3 is 1.41 bits per heavy atom. The quantitative estimate of drug-likeness (QED) is 0.156. The van der Waals surface area contributed by atoms with Gasteiger partial charge in [0.2, 0.25) is 0 Å². The molecule has 3 heteroatoms. The maximum absolute atomic E-state index is 10.6. The Morgan fingerprint density at radius 2 is 0.768 bits per heavy atom. The minimum atomic E-state index is -1.12. The summed E-state index contributed by atoms with van der Waals surface area (Å²) in [5, 5.41) is -3.26. The third kappa shape index (κ3) is 6.21. The first kappa shape index (κ1) is 20.8.